The molecule has 1 saturated carbocycles. The molecule has 94 valence electrons. The summed E-state index contributed by atoms with van der Waals surface area (Å²) in [6, 6.07) is -0.924. The van der Waals surface area contributed by atoms with Crippen LogP contribution >= 0.6 is 0 Å². The zero-order valence-corrected chi connectivity index (χ0v) is 10.3. The number of ether oxygens (including phenoxy) is 1. The van der Waals surface area contributed by atoms with Crippen LogP contribution in [0.3, 0.4) is 0 Å². The van der Waals surface area contributed by atoms with Gasteiger partial charge in [-0.25, -0.2) is 0 Å². The first kappa shape index (κ1) is 13.5. The molecule has 0 aromatic rings. The fraction of sp³-hybridized carbons (Fsp3) is 0.917. The van der Waals surface area contributed by atoms with Crippen LogP contribution in [0.1, 0.15) is 40.0 Å². The molecule has 4 heteroatoms. The second-order valence-corrected chi connectivity index (χ2v) is 5.24. The standard InChI is InChI=1S/C12H23NO3/c1-7-4-8(2)6-10(5-7)16-12(15)11(13)9(3)14/h7-11,14H,4-6,13H2,1-3H3/t7?,8?,9-,10?,11+/m1/s1. The summed E-state index contributed by atoms with van der Waals surface area (Å²) in [6.45, 7) is 5.84. The van der Waals surface area contributed by atoms with Gasteiger partial charge in [0.15, 0.2) is 0 Å². The van der Waals surface area contributed by atoms with Gasteiger partial charge in [0.2, 0.25) is 0 Å². The minimum atomic E-state index is -0.924. The molecule has 4 nitrogen and oxygen atoms in total. The van der Waals surface area contributed by atoms with Crippen molar-refractivity contribution in [1.82, 2.24) is 0 Å². The molecule has 4 atom stereocenters. The van der Waals surface area contributed by atoms with E-state index in [0.717, 1.165) is 12.8 Å². The van der Waals surface area contributed by atoms with E-state index >= 15 is 0 Å². The molecule has 0 bridgehead atoms. The lowest BCUT2D eigenvalue weighted by Crippen LogP contribution is -2.43. The highest BCUT2D eigenvalue weighted by Gasteiger charge is 2.29. The van der Waals surface area contributed by atoms with Crippen molar-refractivity contribution in [2.75, 3.05) is 0 Å². The Bertz CT molecular complexity index is 232. The molecule has 0 amide bonds. The van der Waals surface area contributed by atoms with E-state index in [1.54, 1.807) is 0 Å². The number of hydrogen-bond donors (Lipinski definition) is 2. The number of aliphatic hydroxyl groups excluding tert-OH is 1. The first-order valence-corrected chi connectivity index (χ1v) is 6.04. The van der Waals surface area contributed by atoms with E-state index in [2.05, 4.69) is 13.8 Å². The molecule has 0 radical (unpaired) electrons. The van der Waals surface area contributed by atoms with Crippen molar-refractivity contribution in [2.24, 2.45) is 17.6 Å². The van der Waals surface area contributed by atoms with Gasteiger partial charge in [0, 0.05) is 0 Å². The Labute approximate surface area is 97.2 Å². The van der Waals surface area contributed by atoms with Crippen molar-refractivity contribution in [3.05, 3.63) is 0 Å². The summed E-state index contributed by atoms with van der Waals surface area (Å²) < 4.78 is 5.33. The SMILES string of the molecule is CC1CC(C)CC(OC(=O)[C@@H](N)[C@@H](C)O)C1. The van der Waals surface area contributed by atoms with Crippen LogP contribution in [0.25, 0.3) is 0 Å². The number of aliphatic hydroxyl groups is 1. The van der Waals surface area contributed by atoms with E-state index in [9.17, 15) is 9.90 Å². The molecule has 0 aromatic heterocycles. The molecule has 0 spiro atoms. The van der Waals surface area contributed by atoms with Gasteiger partial charge >= 0.3 is 5.97 Å². The number of rotatable bonds is 3. The summed E-state index contributed by atoms with van der Waals surface area (Å²) in [6.07, 6.45) is 2.11. The lowest BCUT2D eigenvalue weighted by atomic mass is 9.82. The van der Waals surface area contributed by atoms with Crippen molar-refractivity contribution >= 4 is 5.97 Å². The molecule has 1 rings (SSSR count). The normalized spacial score (nSPS) is 34.2. The fourth-order valence-corrected chi connectivity index (χ4v) is 2.41. The van der Waals surface area contributed by atoms with E-state index in [4.69, 9.17) is 10.5 Å². The maximum absolute atomic E-state index is 11.6. The molecule has 0 aliphatic heterocycles. The first-order chi connectivity index (χ1) is 7.40. The van der Waals surface area contributed by atoms with E-state index in [1.165, 1.54) is 13.3 Å². The third-order valence-electron chi connectivity index (χ3n) is 3.21. The molecule has 16 heavy (non-hydrogen) atoms. The maximum Gasteiger partial charge on any atom is 0.325 e. The van der Waals surface area contributed by atoms with Gasteiger partial charge in [-0.2, -0.15) is 0 Å². The zero-order valence-electron chi connectivity index (χ0n) is 10.3. The Hall–Kier alpha value is -0.610. The van der Waals surface area contributed by atoms with Crippen LogP contribution in [-0.2, 0) is 9.53 Å². The minimum Gasteiger partial charge on any atom is -0.461 e. The Morgan fingerprint density at radius 1 is 1.31 bits per heavy atom. The highest BCUT2D eigenvalue weighted by molar-refractivity contribution is 5.76. The average Bonchev–Trinajstić information content (AvgIpc) is 2.14. The van der Waals surface area contributed by atoms with Crippen LogP contribution in [0.4, 0.5) is 0 Å². The molecule has 0 saturated heterocycles. The fourth-order valence-electron chi connectivity index (χ4n) is 2.41. The van der Waals surface area contributed by atoms with Gasteiger partial charge in [0.05, 0.1) is 6.10 Å². The molecule has 1 fully saturated rings. The van der Waals surface area contributed by atoms with Crippen LogP contribution in [0.15, 0.2) is 0 Å². The highest BCUT2D eigenvalue weighted by Crippen LogP contribution is 2.30. The van der Waals surface area contributed by atoms with Crippen molar-refractivity contribution in [3.63, 3.8) is 0 Å². The summed E-state index contributed by atoms with van der Waals surface area (Å²) >= 11 is 0. The van der Waals surface area contributed by atoms with E-state index in [-0.39, 0.29) is 6.10 Å². The van der Waals surface area contributed by atoms with Gasteiger partial charge < -0.3 is 15.6 Å². The summed E-state index contributed by atoms with van der Waals surface area (Å²) in [5, 5.41) is 9.20. The van der Waals surface area contributed by atoms with E-state index < -0.39 is 18.1 Å². The number of carbonyl (C=O) groups excluding carboxylic acids is 1. The van der Waals surface area contributed by atoms with Crippen molar-refractivity contribution in [1.29, 1.82) is 0 Å². The third kappa shape index (κ3) is 3.76. The van der Waals surface area contributed by atoms with E-state index in [1.807, 2.05) is 0 Å². The molecule has 3 N–H and O–H groups in total. The molecular weight excluding hydrogens is 206 g/mol. The lowest BCUT2D eigenvalue weighted by Gasteiger charge is -2.31. The predicted molar refractivity (Wildman–Crippen MR) is 61.7 cm³/mol. The van der Waals surface area contributed by atoms with Crippen molar-refractivity contribution < 1.29 is 14.6 Å². The van der Waals surface area contributed by atoms with E-state index in [0.29, 0.717) is 11.8 Å². The molecule has 1 aliphatic rings. The topological polar surface area (TPSA) is 72.5 Å². The number of nitrogens with two attached hydrogens (primary N) is 1. The second-order valence-electron chi connectivity index (χ2n) is 5.24. The zero-order chi connectivity index (χ0) is 12.3. The number of esters is 1. The van der Waals surface area contributed by atoms with Gasteiger partial charge in [-0.3, -0.25) is 4.79 Å². The number of hydrogen-bond acceptors (Lipinski definition) is 4. The maximum atomic E-state index is 11.6. The van der Waals surface area contributed by atoms with Crippen molar-refractivity contribution in [2.45, 2.75) is 58.3 Å². The molecule has 2 unspecified atom stereocenters. The van der Waals surface area contributed by atoms with Crippen molar-refractivity contribution in [3.8, 4) is 0 Å². The number of carbonyl (C=O) groups is 1. The van der Waals surface area contributed by atoms with Crippen LogP contribution in [0.2, 0.25) is 0 Å². The van der Waals surface area contributed by atoms with Gasteiger partial charge in [0.1, 0.15) is 12.1 Å². The molecule has 1 aliphatic carbocycles. The Morgan fingerprint density at radius 3 is 2.25 bits per heavy atom. The Morgan fingerprint density at radius 2 is 1.81 bits per heavy atom. The van der Waals surface area contributed by atoms with Crippen LogP contribution < -0.4 is 5.73 Å². The third-order valence-corrected chi connectivity index (χ3v) is 3.21. The van der Waals surface area contributed by atoms with Gasteiger partial charge in [-0.15, -0.1) is 0 Å². The summed E-state index contributed by atoms with van der Waals surface area (Å²) in [5.74, 6) is 0.690. The summed E-state index contributed by atoms with van der Waals surface area (Å²) in [5.41, 5.74) is 5.52. The molecule has 0 heterocycles. The quantitative estimate of drug-likeness (QED) is 0.710. The monoisotopic (exact) mass is 229 g/mol. The predicted octanol–water partition coefficient (Wildman–Crippen LogP) is 1.06. The highest BCUT2D eigenvalue weighted by atomic mass is 16.5. The van der Waals surface area contributed by atoms with Crippen LogP contribution in [0, 0.1) is 11.8 Å². The molecular formula is C12H23NO3. The van der Waals surface area contributed by atoms with Crippen LogP contribution in [0.5, 0.6) is 0 Å². The Balaban J connectivity index is 2.44. The Kier molecular flexibility index (Phi) is 4.74. The lowest BCUT2D eigenvalue weighted by molar-refractivity contribution is -0.156. The van der Waals surface area contributed by atoms with Gasteiger partial charge in [-0.1, -0.05) is 13.8 Å². The second kappa shape index (κ2) is 5.64. The first-order valence-electron chi connectivity index (χ1n) is 6.04. The van der Waals surface area contributed by atoms with Gasteiger partial charge in [-0.05, 0) is 38.0 Å². The minimum absolute atomic E-state index is 0.0314. The largest absolute Gasteiger partial charge is 0.461 e. The summed E-state index contributed by atoms with van der Waals surface area (Å²) in [7, 11) is 0. The average molecular weight is 229 g/mol. The smallest absolute Gasteiger partial charge is 0.325 e. The van der Waals surface area contributed by atoms with Crippen LogP contribution in [-0.4, -0.2) is 29.3 Å². The molecule has 0 aromatic carbocycles. The van der Waals surface area contributed by atoms with Gasteiger partial charge in [0.25, 0.3) is 0 Å². The summed E-state index contributed by atoms with van der Waals surface area (Å²) in [4.78, 5) is 11.6.